The third-order valence-electron chi connectivity index (χ3n) is 4.82. The predicted octanol–water partition coefficient (Wildman–Crippen LogP) is 1.88. The summed E-state index contributed by atoms with van der Waals surface area (Å²) in [6, 6.07) is 0.517. The van der Waals surface area contributed by atoms with Crippen LogP contribution in [0, 0.1) is 0 Å². The van der Waals surface area contributed by atoms with E-state index in [4.69, 9.17) is 4.52 Å². The van der Waals surface area contributed by atoms with Gasteiger partial charge in [0.2, 0.25) is 5.89 Å². The minimum atomic E-state index is 0.504. The highest BCUT2D eigenvalue weighted by Gasteiger charge is 2.30. The minimum absolute atomic E-state index is 0.504. The van der Waals surface area contributed by atoms with Crippen molar-refractivity contribution >= 4 is 0 Å². The van der Waals surface area contributed by atoms with Gasteiger partial charge in [-0.25, -0.2) is 9.97 Å². The Kier molecular flexibility index (Phi) is 4.80. The molecule has 1 atom stereocenters. The Labute approximate surface area is 141 Å². The molecule has 3 heterocycles. The quantitative estimate of drug-likeness (QED) is 0.867. The average Bonchev–Trinajstić information content (AvgIpc) is 3.40. The van der Waals surface area contributed by atoms with Gasteiger partial charge in [0.25, 0.3) is 0 Å². The fourth-order valence-electron chi connectivity index (χ4n) is 3.34. The van der Waals surface area contributed by atoms with Crippen LogP contribution in [0.3, 0.4) is 0 Å². The summed E-state index contributed by atoms with van der Waals surface area (Å²) in [7, 11) is 0. The molecule has 7 nitrogen and oxygen atoms in total. The summed E-state index contributed by atoms with van der Waals surface area (Å²) in [6.45, 7) is 3.70. The molecule has 1 unspecified atom stereocenters. The molecule has 2 fully saturated rings. The molecule has 0 radical (unpaired) electrons. The highest BCUT2D eigenvalue weighted by atomic mass is 16.5. The van der Waals surface area contributed by atoms with Crippen LogP contribution >= 0.6 is 0 Å². The van der Waals surface area contributed by atoms with Crippen molar-refractivity contribution in [2.75, 3.05) is 13.1 Å². The maximum atomic E-state index is 5.43. The molecule has 2 aromatic rings. The first-order chi connectivity index (χ1) is 11.9. The van der Waals surface area contributed by atoms with Gasteiger partial charge in [-0.3, -0.25) is 4.90 Å². The summed E-state index contributed by atoms with van der Waals surface area (Å²) in [5.74, 6) is 2.12. The molecule has 128 valence electrons. The normalized spacial score (nSPS) is 21.8. The summed E-state index contributed by atoms with van der Waals surface area (Å²) in [5, 5.41) is 7.69. The van der Waals surface area contributed by atoms with Crippen LogP contribution < -0.4 is 5.32 Å². The van der Waals surface area contributed by atoms with Gasteiger partial charge in [0.05, 0.1) is 6.54 Å². The van der Waals surface area contributed by atoms with E-state index in [1.807, 2.05) is 12.4 Å². The van der Waals surface area contributed by atoms with Crippen molar-refractivity contribution in [3.05, 3.63) is 36.0 Å². The molecule has 4 rings (SSSR count). The lowest BCUT2D eigenvalue weighted by Gasteiger charge is -2.29. The summed E-state index contributed by atoms with van der Waals surface area (Å²) in [5.41, 5.74) is 1.13. The van der Waals surface area contributed by atoms with Gasteiger partial charge in [-0.15, -0.1) is 0 Å². The van der Waals surface area contributed by atoms with Crippen LogP contribution in [0.1, 0.15) is 55.3 Å². The van der Waals surface area contributed by atoms with E-state index in [1.54, 1.807) is 6.33 Å². The van der Waals surface area contributed by atoms with Crippen LogP contribution in [0.2, 0.25) is 0 Å². The standard InChI is InChI=1S/C17H24N6O/c1-2-15(5-7-18-6-1)23(10-13-8-19-12-20-9-13)11-16-21-17(24-22-16)14-3-4-14/h8-9,12,14-15,18H,1-7,10-11H2. The van der Waals surface area contributed by atoms with E-state index in [1.165, 1.54) is 25.7 Å². The zero-order valence-electron chi connectivity index (χ0n) is 13.9. The molecule has 1 saturated heterocycles. The molecule has 1 N–H and O–H groups in total. The predicted molar refractivity (Wildman–Crippen MR) is 88.1 cm³/mol. The lowest BCUT2D eigenvalue weighted by molar-refractivity contribution is 0.158. The Balaban J connectivity index is 1.49. The third kappa shape index (κ3) is 3.96. The molecular formula is C17H24N6O. The van der Waals surface area contributed by atoms with Gasteiger partial charge in [-0.05, 0) is 45.2 Å². The first-order valence-corrected chi connectivity index (χ1v) is 8.89. The molecule has 0 spiro atoms. The smallest absolute Gasteiger partial charge is 0.229 e. The van der Waals surface area contributed by atoms with Crippen LogP contribution in [-0.4, -0.2) is 44.1 Å². The van der Waals surface area contributed by atoms with Gasteiger partial charge in [0, 0.05) is 36.5 Å². The first-order valence-electron chi connectivity index (χ1n) is 8.89. The van der Waals surface area contributed by atoms with Gasteiger partial charge in [-0.2, -0.15) is 4.98 Å². The lowest BCUT2D eigenvalue weighted by Crippen LogP contribution is -2.35. The second-order valence-electron chi connectivity index (χ2n) is 6.81. The highest BCUT2D eigenvalue weighted by Crippen LogP contribution is 2.38. The van der Waals surface area contributed by atoms with Crippen molar-refractivity contribution in [3.8, 4) is 0 Å². The molecule has 1 aliphatic carbocycles. The van der Waals surface area contributed by atoms with Crippen LogP contribution in [-0.2, 0) is 13.1 Å². The molecule has 0 amide bonds. The Morgan fingerprint density at radius 2 is 1.96 bits per heavy atom. The van der Waals surface area contributed by atoms with Crippen molar-refractivity contribution in [3.63, 3.8) is 0 Å². The lowest BCUT2D eigenvalue weighted by atomic mass is 10.1. The van der Waals surface area contributed by atoms with Crippen LogP contribution in [0.5, 0.6) is 0 Å². The summed E-state index contributed by atoms with van der Waals surface area (Å²) >= 11 is 0. The fourth-order valence-corrected chi connectivity index (χ4v) is 3.34. The molecule has 2 aromatic heterocycles. The second-order valence-corrected chi connectivity index (χ2v) is 6.81. The molecule has 7 heteroatoms. The zero-order chi connectivity index (χ0) is 16.2. The zero-order valence-corrected chi connectivity index (χ0v) is 13.9. The van der Waals surface area contributed by atoms with E-state index in [2.05, 4.69) is 30.3 Å². The van der Waals surface area contributed by atoms with Crippen molar-refractivity contribution in [2.24, 2.45) is 0 Å². The molecule has 1 aliphatic heterocycles. The Morgan fingerprint density at radius 3 is 2.79 bits per heavy atom. The molecule has 1 saturated carbocycles. The van der Waals surface area contributed by atoms with Gasteiger partial charge < -0.3 is 9.84 Å². The van der Waals surface area contributed by atoms with Gasteiger partial charge >= 0.3 is 0 Å². The Hall–Kier alpha value is -1.86. The largest absolute Gasteiger partial charge is 0.339 e. The van der Waals surface area contributed by atoms with Crippen molar-refractivity contribution in [1.29, 1.82) is 0 Å². The van der Waals surface area contributed by atoms with E-state index in [-0.39, 0.29) is 0 Å². The third-order valence-corrected chi connectivity index (χ3v) is 4.82. The Bertz CT molecular complexity index is 634. The van der Waals surface area contributed by atoms with E-state index in [0.717, 1.165) is 49.9 Å². The monoisotopic (exact) mass is 328 g/mol. The van der Waals surface area contributed by atoms with E-state index in [0.29, 0.717) is 12.0 Å². The number of rotatable bonds is 6. The fraction of sp³-hybridized carbons (Fsp3) is 0.647. The van der Waals surface area contributed by atoms with Crippen molar-refractivity contribution < 1.29 is 4.52 Å². The Morgan fingerprint density at radius 1 is 1.08 bits per heavy atom. The summed E-state index contributed by atoms with van der Waals surface area (Å²) in [4.78, 5) is 15.3. The number of aromatic nitrogens is 4. The maximum Gasteiger partial charge on any atom is 0.229 e. The van der Waals surface area contributed by atoms with Gasteiger partial charge in [0.15, 0.2) is 5.82 Å². The van der Waals surface area contributed by atoms with Gasteiger partial charge in [0.1, 0.15) is 6.33 Å². The number of hydrogen-bond acceptors (Lipinski definition) is 7. The van der Waals surface area contributed by atoms with E-state index >= 15 is 0 Å². The van der Waals surface area contributed by atoms with Crippen LogP contribution in [0.15, 0.2) is 23.2 Å². The number of hydrogen-bond donors (Lipinski definition) is 1. The van der Waals surface area contributed by atoms with Crippen LogP contribution in [0.4, 0.5) is 0 Å². The summed E-state index contributed by atoms with van der Waals surface area (Å²) in [6.07, 6.45) is 11.2. The van der Waals surface area contributed by atoms with Crippen molar-refractivity contribution in [1.82, 2.24) is 30.3 Å². The molecular weight excluding hydrogens is 304 g/mol. The number of nitrogens with zero attached hydrogens (tertiary/aromatic N) is 5. The SMILES string of the molecule is c1ncc(CN(Cc2noc(C3CC3)n2)C2CCCNCC2)cn1. The summed E-state index contributed by atoms with van der Waals surface area (Å²) < 4.78 is 5.43. The number of nitrogens with one attached hydrogen (secondary N) is 1. The minimum Gasteiger partial charge on any atom is -0.339 e. The second kappa shape index (κ2) is 7.36. The molecule has 2 aliphatic rings. The topological polar surface area (TPSA) is 80.0 Å². The maximum absolute atomic E-state index is 5.43. The van der Waals surface area contributed by atoms with E-state index < -0.39 is 0 Å². The first kappa shape index (κ1) is 15.7. The van der Waals surface area contributed by atoms with Gasteiger partial charge in [-0.1, -0.05) is 5.16 Å². The molecule has 24 heavy (non-hydrogen) atoms. The average molecular weight is 328 g/mol. The highest BCUT2D eigenvalue weighted by molar-refractivity contribution is 5.04. The van der Waals surface area contributed by atoms with E-state index in [9.17, 15) is 0 Å². The molecule has 0 aromatic carbocycles. The van der Waals surface area contributed by atoms with Crippen LogP contribution in [0.25, 0.3) is 0 Å². The molecule has 0 bridgehead atoms. The van der Waals surface area contributed by atoms with Crippen molar-refractivity contribution in [2.45, 2.75) is 57.2 Å².